The quantitative estimate of drug-likeness (QED) is 0.736. The minimum atomic E-state index is -0.395. The molecule has 2 aromatic rings. The van der Waals surface area contributed by atoms with Crippen LogP contribution in [-0.4, -0.2) is 45.6 Å². The number of hydrogen-bond acceptors (Lipinski definition) is 4. The predicted octanol–water partition coefficient (Wildman–Crippen LogP) is 3.05. The molecule has 4 bridgehead atoms. The fourth-order valence-electron chi connectivity index (χ4n) is 7.27. The fraction of sp³-hybridized carbons (Fsp3) is 0.609. The number of para-hydroxylation sites is 1. The highest BCUT2D eigenvalue weighted by molar-refractivity contribution is 6.34. The molecule has 4 saturated carbocycles. The first-order valence-electron chi connectivity index (χ1n) is 11.5. The first-order chi connectivity index (χ1) is 15.3. The minimum absolute atomic E-state index is 0.143. The average molecular weight is 459 g/mol. The highest BCUT2D eigenvalue weighted by atomic mass is 35.5. The maximum atomic E-state index is 13.1. The van der Waals surface area contributed by atoms with Crippen LogP contribution in [0, 0.1) is 23.2 Å². The van der Waals surface area contributed by atoms with Gasteiger partial charge < -0.3 is 20.4 Å². The second kappa shape index (κ2) is 7.01. The minimum Gasteiger partial charge on any atom is -0.446 e. The summed E-state index contributed by atoms with van der Waals surface area (Å²) in [6, 6.07) is 5.24. The molecule has 2 heterocycles. The molecule has 5 fully saturated rings. The van der Waals surface area contributed by atoms with Crippen LogP contribution in [0.1, 0.15) is 44.6 Å². The lowest BCUT2D eigenvalue weighted by Crippen LogP contribution is -2.59. The van der Waals surface area contributed by atoms with Gasteiger partial charge in [0.25, 0.3) is 0 Å². The number of likely N-dealkylation sites (tertiary alicyclic amines) is 1. The average Bonchev–Trinajstić information content (AvgIpc) is 3.34. The molecular weight excluding hydrogens is 432 g/mol. The van der Waals surface area contributed by atoms with Gasteiger partial charge in [-0.05, 0) is 68.4 Å². The molecule has 4 aliphatic carbocycles. The van der Waals surface area contributed by atoms with Crippen LogP contribution in [0.3, 0.4) is 0 Å². The smallest absolute Gasteiger partial charge is 0.410 e. The summed E-state index contributed by atoms with van der Waals surface area (Å²) in [5, 5.41) is 0.513. The molecule has 170 valence electrons. The number of halogens is 1. The normalized spacial score (nSPS) is 35.5. The van der Waals surface area contributed by atoms with Crippen molar-refractivity contribution in [1.82, 2.24) is 14.5 Å². The fourth-order valence-corrected chi connectivity index (χ4v) is 7.53. The Hall–Kier alpha value is -2.48. The number of hydrogen-bond donors (Lipinski definition) is 2. The summed E-state index contributed by atoms with van der Waals surface area (Å²) in [6.07, 6.45) is 4.58. The lowest BCUT2D eigenvalue weighted by molar-refractivity contribution is -0.161. The van der Waals surface area contributed by atoms with E-state index < -0.39 is 5.41 Å². The lowest BCUT2D eigenvalue weighted by Gasteiger charge is -2.58. The Bertz CT molecular complexity index is 1160. The van der Waals surface area contributed by atoms with Crippen LogP contribution in [0.2, 0.25) is 5.02 Å². The number of benzene rings is 1. The first-order valence-corrected chi connectivity index (χ1v) is 11.9. The summed E-state index contributed by atoms with van der Waals surface area (Å²) in [5.74, 6) is 0.758. The van der Waals surface area contributed by atoms with E-state index in [2.05, 4.69) is 4.98 Å². The van der Waals surface area contributed by atoms with E-state index in [1.165, 1.54) is 0 Å². The van der Waals surface area contributed by atoms with Gasteiger partial charge in [-0.1, -0.05) is 17.7 Å². The van der Waals surface area contributed by atoms with Crippen LogP contribution in [0.15, 0.2) is 23.0 Å². The predicted molar refractivity (Wildman–Crippen MR) is 118 cm³/mol. The Morgan fingerprint density at radius 3 is 2.66 bits per heavy atom. The van der Waals surface area contributed by atoms with E-state index in [1.807, 2.05) is 6.07 Å². The summed E-state index contributed by atoms with van der Waals surface area (Å²) < 4.78 is 7.73. The van der Waals surface area contributed by atoms with Crippen LogP contribution in [-0.2, 0) is 9.53 Å². The molecule has 6 atom stereocenters. The largest absolute Gasteiger partial charge is 0.446 e. The highest BCUT2D eigenvalue weighted by Gasteiger charge is 2.59. The van der Waals surface area contributed by atoms with Gasteiger partial charge in [0.1, 0.15) is 6.10 Å². The molecule has 1 saturated heterocycles. The van der Waals surface area contributed by atoms with Gasteiger partial charge >= 0.3 is 11.8 Å². The number of primary amides is 1. The van der Waals surface area contributed by atoms with Crippen LogP contribution in [0.25, 0.3) is 11.0 Å². The number of nitrogens with one attached hydrogen (secondary N) is 1. The second-order valence-corrected chi connectivity index (χ2v) is 10.7. The topological polar surface area (TPSA) is 110 Å². The molecule has 5 unspecified atom stereocenters. The lowest BCUT2D eigenvalue weighted by atomic mass is 9.48. The first kappa shape index (κ1) is 20.1. The molecular formula is C23H27ClN4O4. The third-order valence-corrected chi connectivity index (χ3v) is 8.73. The Kier molecular flexibility index (Phi) is 4.41. The van der Waals surface area contributed by atoms with Crippen molar-refractivity contribution in [3.63, 3.8) is 0 Å². The Balaban J connectivity index is 1.17. The number of carbonyl (C=O) groups is 2. The number of nitrogens with two attached hydrogens (primary N) is 1. The van der Waals surface area contributed by atoms with Gasteiger partial charge in [-0.15, -0.1) is 0 Å². The molecule has 7 rings (SSSR count). The maximum Gasteiger partial charge on any atom is 0.410 e. The van der Waals surface area contributed by atoms with Gasteiger partial charge in [0.05, 0.1) is 27.5 Å². The van der Waals surface area contributed by atoms with Crippen LogP contribution < -0.4 is 11.4 Å². The van der Waals surface area contributed by atoms with E-state index in [0.29, 0.717) is 41.5 Å². The SMILES string of the molecule is NC(=O)C12CC3CC(C1)C(OC(=O)N1CCC(n4c(=O)[nH]c5cccc(Cl)c54)C1)[C@H](C3)C2. The molecule has 2 amide bonds. The molecule has 1 aromatic heterocycles. The zero-order valence-electron chi connectivity index (χ0n) is 17.8. The van der Waals surface area contributed by atoms with E-state index in [4.69, 9.17) is 22.1 Å². The van der Waals surface area contributed by atoms with Gasteiger partial charge in [-0.3, -0.25) is 9.36 Å². The number of aromatic amines is 1. The van der Waals surface area contributed by atoms with Crippen LogP contribution in [0.4, 0.5) is 4.79 Å². The molecule has 5 aliphatic rings. The van der Waals surface area contributed by atoms with Crippen molar-refractivity contribution in [2.24, 2.45) is 28.9 Å². The number of nitrogens with zero attached hydrogens (tertiary/aromatic N) is 2. The van der Waals surface area contributed by atoms with Crippen LogP contribution in [0.5, 0.6) is 0 Å². The highest BCUT2D eigenvalue weighted by Crippen LogP contribution is 2.60. The third-order valence-electron chi connectivity index (χ3n) is 8.42. The van der Waals surface area contributed by atoms with Gasteiger partial charge in [-0.25, -0.2) is 9.59 Å². The summed E-state index contributed by atoms with van der Waals surface area (Å²) in [6.45, 7) is 0.940. The standard InChI is InChI=1S/C23H27ClN4O4/c24-16-2-1-3-17-18(16)28(21(30)26-17)15-4-5-27(11-15)22(31)32-19-13-6-12-7-14(19)10-23(8-12,9-13)20(25)29/h1-3,12-15,19H,4-11H2,(H2,25,29)(H,26,30)/t12?,13-,14?,15?,19?,23?/m1/s1. The van der Waals surface area contributed by atoms with E-state index in [-0.39, 0.29) is 41.7 Å². The number of amides is 2. The zero-order chi connectivity index (χ0) is 22.2. The molecule has 9 heteroatoms. The Morgan fingerprint density at radius 1 is 1.19 bits per heavy atom. The second-order valence-electron chi connectivity index (χ2n) is 10.3. The van der Waals surface area contributed by atoms with Gasteiger partial charge in [-0.2, -0.15) is 0 Å². The van der Waals surface area contributed by atoms with Gasteiger partial charge in [0.2, 0.25) is 5.91 Å². The Morgan fingerprint density at radius 2 is 1.94 bits per heavy atom. The number of ether oxygens (including phenoxy) is 1. The molecule has 1 aliphatic heterocycles. The summed E-state index contributed by atoms with van der Waals surface area (Å²) in [5.41, 5.74) is 6.53. The van der Waals surface area contributed by atoms with Crippen molar-refractivity contribution >= 4 is 34.6 Å². The number of rotatable bonds is 3. The van der Waals surface area contributed by atoms with E-state index in [9.17, 15) is 14.4 Å². The number of fused-ring (bicyclic) bond motifs is 1. The van der Waals surface area contributed by atoms with Crippen molar-refractivity contribution in [3.05, 3.63) is 33.7 Å². The van der Waals surface area contributed by atoms with Crippen molar-refractivity contribution < 1.29 is 14.3 Å². The van der Waals surface area contributed by atoms with Crippen LogP contribution >= 0.6 is 11.6 Å². The summed E-state index contributed by atoms with van der Waals surface area (Å²) in [4.78, 5) is 42.4. The van der Waals surface area contributed by atoms with E-state index in [0.717, 1.165) is 32.1 Å². The van der Waals surface area contributed by atoms with Gasteiger partial charge in [0, 0.05) is 13.1 Å². The van der Waals surface area contributed by atoms with Crippen molar-refractivity contribution in [2.45, 2.75) is 50.7 Å². The summed E-state index contributed by atoms with van der Waals surface area (Å²) >= 11 is 6.37. The van der Waals surface area contributed by atoms with Crippen molar-refractivity contribution in [2.75, 3.05) is 13.1 Å². The van der Waals surface area contributed by atoms with E-state index in [1.54, 1.807) is 21.6 Å². The third kappa shape index (κ3) is 2.91. The monoisotopic (exact) mass is 458 g/mol. The maximum absolute atomic E-state index is 13.1. The molecule has 3 N–H and O–H groups in total. The number of H-pyrrole nitrogens is 1. The Labute approximate surface area is 190 Å². The molecule has 8 nitrogen and oxygen atoms in total. The number of imidazole rings is 1. The zero-order valence-corrected chi connectivity index (χ0v) is 18.5. The number of aromatic nitrogens is 2. The summed E-state index contributed by atoms with van der Waals surface area (Å²) in [7, 11) is 0. The molecule has 0 radical (unpaired) electrons. The molecule has 0 spiro atoms. The van der Waals surface area contributed by atoms with Crippen molar-refractivity contribution in [3.8, 4) is 0 Å². The van der Waals surface area contributed by atoms with E-state index >= 15 is 0 Å². The number of carbonyl (C=O) groups excluding carboxylic acids is 2. The molecule has 1 aromatic carbocycles. The van der Waals surface area contributed by atoms with Gasteiger partial charge in [0.15, 0.2) is 0 Å². The van der Waals surface area contributed by atoms with Crippen molar-refractivity contribution in [1.29, 1.82) is 0 Å². The molecule has 32 heavy (non-hydrogen) atoms.